The summed E-state index contributed by atoms with van der Waals surface area (Å²) >= 11 is 1.46. The van der Waals surface area contributed by atoms with Crippen LogP contribution in [0.3, 0.4) is 0 Å². The lowest BCUT2D eigenvalue weighted by Gasteiger charge is -2.11. The first-order valence-electron chi connectivity index (χ1n) is 10.3. The second-order valence-corrected chi connectivity index (χ2v) is 8.42. The summed E-state index contributed by atoms with van der Waals surface area (Å²) in [6, 6.07) is 19.5. The van der Waals surface area contributed by atoms with Crippen LogP contribution >= 0.6 is 11.8 Å². The first-order chi connectivity index (χ1) is 16.4. The van der Waals surface area contributed by atoms with Gasteiger partial charge in [-0.3, -0.25) is 19.5 Å². The summed E-state index contributed by atoms with van der Waals surface area (Å²) in [5.41, 5.74) is 3.04. The summed E-state index contributed by atoms with van der Waals surface area (Å²) in [7, 11) is 0. The first-order valence-corrected chi connectivity index (χ1v) is 11.3. The lowest BCUT2D eigenvalue weighted by molar-refractivity contribution is -0.384. The van der Waals surface area contributed by atoms with Gasteiger partial charge in [0, 0.05) is 29.1 Å². The number of aryl methyl sites for hydroxylation is 1. The highest BCUT2D eigenvalue weighted by Crippen LogP contribution is 2.26. The molecule has 1 amide bonds. The first kappa shape index (κ1) is 23.1. The molecule has 0 unspecified atom stereocenters. The lowest BCUT2D eigenvalue weighted by Crippen LogP contribution is -2.24. The highest BCUT2D eigenvalue weighted by molar-refractivity contribution is 7.98. The standard InChI is InChI=1S/C24H20FN5O3S/c1-16-4-2-5-17(12-16)15-34-24-28-27-22(14-26-23(31)18-6-3-7-19(25)13-18)29(24)20-8-10-21(11-9-20)30(32)33/h2-13H,14-15H2,1H3,(H,26,31). The summed E-state index contributed by atoms with van der Waals surface area (Å²) in [6.45, 7) is 2.05. The number of thioether (sulfide) groups is 1. The number of aromatic nitrogens is 3. The lowest BCUT2D eigenvalue weighted by atomic mass is 10.2. The van der Waals surface area contributed by atoms with E-state index in [2.05, 4.69) is 21.6 Å². The van der Waals surface area contributed by atoms with E-state index in [1.54, 1.807) is 16.7 Å². The minimum absolute atomic E-state index is 0.0321. The number of nitro benzene ring substituents is 1. The van der Waals surface area contributed by atoms with Crippen LogP contribution < -0.4 is 5.32 Å². The van der Waals surface area contributed by atoms with Gasteiger partial charge in [-0.2, -0.15) is 0 Å². The fourth-order valence-electron chi connectivity index (χ4n) is 3.33. The van der Waals surface area contributed by atoms with Crippen molar-refractivity contribution >= 4 is 23.4 Å². The topological polar surface area (TPSA) is 103 Å². The number of nitrogens with one attached hydrogen (secondary N) is 1. The molecule has 0 radical (unpaired) electrons. The van der Waals surface area contributed by atoms with E-state index in [1.807, 2.05) is 25.1 Å². The molecule has 172 valence electrons. The monoisotopic (exact) mass is 477 g/mol. The smallest absolute Gasteiger partial charge is 0.269 e. The van der Waals surface area contributed by atoms with Gasteiger partial charge in [-0.05, 0) is 42.8 Å². The van der Waals surface area contributed by atoms with Gasteiger partial charge in [0.2, 0.25) is 0 Å². The average Bonchev–Trinajstić information content (AvgIpc) is 3.24. The van der Waals surface area contributed by atoms with Crippen LogP contribution in [-0.2, 0) is 12.3 Å². The molecule has 0 aliphatic carbocycles. The van der Waals surface area contributed by atoms with Crippen LogP contribution in [0.2, 0.25) is 0 Å². The molecule has 4 aromatic rings. The third-order valence-corrected chi connectivity index (χ3v) is 5.96. The Labute approximate surface area is 199 Å². The fraction of sp³-hybridized carbons (Fsp3) is 0.125. The molecule has 0 aliphatic rings. The Balaban J connectivity index is 1.60. The van der Waals surface area contributed by atoms with Gasteiger partial charge in [0.15, 0.2) is 11.0 Å². The molecular weight excluding hydrogens is 457 g/mol. The Kier molecular flexibility index (Phi) is 6.98. The minimum Gasteiger partial charge on any atom is -0.345 e. The summed E-state index contributed by atoms with van der Waals surface area (Å²) < 4.78 is 15.2. The highest BCUT2D eigenvalue weighted by atomic mass is 32.2. The maximum absolute atomic E-state index is 13.5. The average molecular weight is 478 g/mol. The Morgan fingerprint density at radius 3 is 2.56 bits per heavy atom. The van der Waals surface area contributed by atoms with Gasteiger partial charge in [0.1, 0.15) is 5.82 Å². The van der Waals surface area contributed by atoms with Crippen molar-refractivity contribution in [2.75, 3.05) is 0 Å². The number of amides is 1. The maximum Gasteiger partial charge on any atom is 0.269 e. The van der Waals surface area contributed by atoms with Crippen LogP contribution in [0.5, 0.6) is 0 Å². The minimum atomic E-state index is -0.503. The van der Waals surface area contributed by atoms with Gasteiger partial charge in [0.25, 0.3) is 11.6 Å². The molecule has 0 saturated carbocycles. The molecular formula is C24H20FN5O3S. The molecule has 1 heterocycles. The second-order valence-electron chi connectivity index (χ2n) is 7.48. The predicted molar refractivity (Wildman–Crippen MR) is 126 cm³/mol. The van der Waals surface area contributed by atoms with Crippen molar-refractivity contribution in [3.8, 4) is 5.69 Å². The molecule has 0 spiro atoms. The number of non-ortho nitro benzene ring substituents is 1. The Morgan fingerprint density at radius 2 is 1.85 bits per heavy atom. The molecule has 4 rings (SSSR count). The number of rotatable bonds is 8. The van der Waals surface area contributed by atoms with E-state index in [1.165, 1.54) is 42.1 Å². The van der Waals surface area contributed by atoms with Gasteiger partial charge in [-0.1, -0.05) is 47.7 Å². The molecule has 0 atom stereocenters. The van der Waals surface area contributed by atoms with Crippen molar-refractivity contribution in [2.45, 2.75) is 24.4 Å². The number of carbonyl (C=O) groups excluding carboxylic acids is 1. The van der Waals surface area contributed by atoms with E-state index in [4.69, 9.17) is 0 Å². The van der Waals surface area contributed by atoms with Crippen molar-refractivity contribution in [1.82, 2.24) is 20.1 Å². The van der Waals surface area contributed by atoms with Crippen LogP contribution in [0.15, 0.2) is 78.0 Å². The molecule has 0 fully saturated rings. The highest BCUT2D eigenvalue weighted by Gasteiger charge is 2.17. The Bertz CT molecular complexity index is 1340. The number of hydrogen-bond acceptors (Lipinski definition) is 6. The van der Waals surface area contributed by atoms with E-state index in [0.717, 1.165) is 17.2 Å². The van der Waals surface area contributed by atoms with Gasteiger partial charge in [0.05, 0.1) is 11.5 Å². The largest absolute Gasteiger partial charge is 0.345 e. The van der Waals surface area contributed by atoms with Crippen LogP contribution in [0, 0.1) is 22.9 Å². The van der Waals surface area contributed by atoms with Crippen molar-refractivity contribution in [1.29, 1.82) is 0 Å². The number of nitrogens with zero attached hydrogens (tertiary/aromatic N) is 4. The van der Waals surface area contributed by atoms with E-state index in [9.17, 15) is 19.3 Å². The quantitative estimate of drug-likeness (QED) is 0.221. The van der Waals surface area contributed by atoms with Crippen molar-refractivity contribution in [3.63, 3.8) is 0 Å². The summed E-state index contributed by atoms with van der Waals surface area (Å²) in [6.07, 6.45) is 0. The molecule has 3 aromatic carbocycles. The number of nitro groups is 1. The van der Waals surface area contributed by atoms with E-state index in [-0.39, 0.29) is 17.8 Å². The summed E-state index contributed by atoms with van der Waals surface area (Å²) in [5, 5.41) is 22.9. The van der Waals surface area contributed by atoms with Gasteiger partial charge in [-0.25, -0.2) is 4.39 Å². The molecule has 34 heavy (non-hydrogen) atoms. The van der Waals surface area contributed by atoms with Crippen LogP contribution in [-0.4, -0.2) is 25.6 Å². The zero-order valence-electron chi connectivity index (χ0n) is 18.1. The molecule has 0 bridgehead atoms. The number of carbonyl (C=O) groups is 1. The Morgan fingerprint density at radius 1 is 1.09 bits per heavy atom. The van der Waals surface area contributed by atoms with Crippen LogP contribution in [0.1, 0.15) is 27.3 Å². The third kappa shape index (κ3) is 5.46. The Hall–Kier alpha value is -4.05. The number of benzene rings is 3. The van der Waals surface area contributed by atoms with Crippen LogP contribution in [0.4, 0.5) is 10.1 Å². The normalized spacial score (nSPS) is 10.8. The molecule has 0 saturated heterocycles. The maximum atomic E-state index is 13.5. The van der Waals surface area contributed by atoms with Crippen molar-refractivity contribution in [3.05, 3.63) is 111 Å². The van der Waals surface area contributed by atoms with E-state index < -0.39 is 16.6 Å². The summed E-state index contributed by atoms with van der Waals surface area (Å²) in [4.78, 5) is 23.1. The van der Waals surface area contributed by atoms with E-state index in [0.29, 0.717) is 22.4 Å². The van der Waals surface area contributed by atoms with Crippen molar-refractivity contribution in [2.24, 2.45) is 0 Å². The third-order valence-electron chi connectivity index (χ3n) is 4.96. The predicted octanol–water partition coefficient (Wildman–Crippen LogP) is 4.85. The zero-order chi connectivity index (χ0) is 24.1. The molecule has 1 aromatic heterocycles. The second kappa shape index (κ2) is 10.3. The number of halogens is 1. The summed E-state index contributed by atoms with van der Waals surface area (Å²) in [5.74, 6) is 0.121. The van der Waals surface area contributed by atoms with Crippen LogP contribution in [0.25, 0.3) is 5.69 Å². The van der Waals surface area contributed by atoms with Gasteiger partial charge in [-0.15, -0.1) is 10.2 Å². The van der Waals surface area contributed by atoms with E-state index >= 15 is 0 Å². The molecule has 8 nitrogen and oxygen atoms in total. The fourth-order valence-corrected chi connectivity index (χ4v) is 4.25. The molecule has 10 heteroatoms. The van der Waals surface area contributed by atoms with Gasteiger partial charge < -0.3 is 5.32 Å². The SMILES string of the molecule is Cc1cccc(CSc2nnc(CNC(=O)c3cccc(F)c3)n2-c2ccc([N+](=O)[O-])cc2)c1. The van der Waals surface area contributed by atoms with Gasteiger partial charge >= 0.3 is 0 Å². The molecule has 0 aliphatic heterocycles. The zero-order valence-corrected chi connectivity index (χ0v) is 19.0. The number of hydrogen-bond donors (Lipinski definition) is 1. The molecule has 1 N–H and O–H groups in total. The van der Waals surface area contributed by atoms with Crippen molar-refractivity contribution < 1.29 is 14.1 Å².